The van der Waals surface area contributed by atoms with Crippen molar-refractivity contribution in [1.82, 2.24) is 0 Å². The van der Waals surface area contributed by atoms with Crippen molar-refractivity contribution in [3.8, 4) is 0 Å². The van der Waals surface area contributed by atoms with Gasteiger partial charge in [-0.25, -0.2) is 0 Å². The Hall–Kier alpha value is -0.120. The molecule has 0 aromatic rings. The summed E-state index contributed by atoms with van der Waals surface area (Å²) in [5.41, 5.74) is 0. The lowest BCUT2D eigenvalue weighted by Crippen LogP contribution is -2.24. The minimum atomic E-state index is -0.283. The Labute approximate surface area is 125 Å². The van der Waals surface area contributed by atoms with Crippen LogP contribution in [0.5, 0.6) is 0 Å². The molecule has 3 heteroatoms. The Morgan fingerprint density at radius 3 is 1.55 bits per heavy atom. The second-order valence-corrected chi connectivity index (χ2v) is 6.19. The highest BCUT2D eigenvalue weighted by molar-refractivity contribution is 4.67. The summed E-state index contributed by atoms with van der Waals surface area (Å²) < 4.78 is 11.2. The summed E-state index contributed by atoms with van der Waals surface area (Å²) in [5.74, 6) is -0.283. The number of rotatable bonds is 13. The zero-order chi connectivity index (χ0) is 14.5. The molecule has 0 saturated carbocycles. The summed E-state index contributed by atoms with van der Waals surface area (Å²) in [4.78, 5) is 0. The minimum Gasteiger partial charge on any atom is -0.396 e. The van der Waals surface area contributed by atoms with Gasteiger partial charge in [0, 0.05) is 13.0 Å². The van der Waals surface area contributed by atoms with Gasteiger partial charge in [-0.1, -0.05) is 57.8 Å². The van der Waals surface area contributed by atoms with Crippen molar-refractivity contribution < 1.29 is 14.6 Å². The lowest BCUT2D eigenvalue weighted by Gasteiger charge is -2.21. The van der Waals surface area contributed by atoms with Crippen molar-refractivity contribution in [2.24, 2.45) is 0 Å². The molecule has 0 radical (unpaired) electrons. The lowest BCUT2D eigenvalue weighted by atomic mass is 10.0. The molecule has 0 aromatic carbocycles. The molecule has 1 aliphatic heterocycles. The molecular formula is C17H34O3. The molecule has 1 saturated heterocycles. The predicted molar refractivity (Wildman–Crippen MR) is 82.8 cm³/mol. The zero-order valence-electron chi connectivity index (χ0n) is 13.4. The first kappa shape index (κ1) is 17.9. The Kier molecular flexibility index (Phi) is 10.3. The fourth-order valence-corrected chi connectivity index (χ4v) is 2.85. The van der Waals surface area contributed by atoms with Crippen LogP contribution < -0.4 is 0 Å². The standard InChI is InChI=1S/C17H34O3/c1-17(19-15-16-20-17)13-11-9-7-5-3-2-4-6-8-10-12-14-18/h18H,2-16H2,1H3. The van der Waals surface area contributed by atoms with Gasteiger partial charge in [-0.15, -0.1) is 0 Å². The minimum absolute atomic E-state index is 0.283. The normalized spacial score (nSPS) is 17.7. The number of ether oxygens (including phenoxy) is 2. The first-order chi connectivity index (χ1) is 9.77. The van der Waals surface area contributed by atoms with Gasteiger partial charge in [0.25, 0.3) is 0 Å². The highest BCUT2D eigenvalue weighted by atomic mass is 16.7. The van der Waals surface area contributed by atoms with Crippen LogP contribution in [-0.4, -0.2) is 30.7 Å². The van der Waals surface area contributed by atoms with E-state index in [0.29, 0.717) is 6.61 Å². The van der Waals surface area contributed by atoms with Crippen LogP contribution in [-0.2, 0) is 9.47 Å². The van der Waals surface area contributed by atoms with Crippen molar-refractivity contribution in [2.45, 2.75) is 89.8 Å². The fraction of sp³-hybridized carbons (Fsp3) is 1.00. The topological polar surface area (TPSA) is 38.7 Å². The number of hydrogen-bond donors (Lipinski definition) is 1. The van der Waals surface area contributed by atoms with Gasteiger partial charge < -0.3 is 14.6 Å². The summed E-state index contributed by atoms with van der Waals surface area (Å²) in [7, 11) is 0. The second-order valence-electron chi connectivity index (χ2n) is 6.19. The maximum atomic E-state index is 8.68. The van der Waals surface area contributed by atoms with Gasteiger partial charge >= 0.3 is 0 Å². The highest BCUT2D eigenvalue weighted by Gasteiger charge is 2.29. The molecule has 1 rings (SSSR count). The molecule has 0 aliphatic carbocycles. The monoisotopic (exact) mass is 286 g/mol. The van der Waals surface area contributed by atoms with Gasteiger partial charge in [0.05, 0.1) is 13.2 Å². The molecule has 0 spiro atoms. The Morgan fingerprint density at radius 2 is 1.10 bits per heavy atom. The summed E-state index contributed by atoms with van der Waals surface area (Å²) in [5, 5.41) is 8.68. The summed E-state index contributed by atoms with van der Waals surface area (Å²) in [6.45, 7) is 3.94. The number of aliphatic hydroxyl groups is 1. The van der Waals surface area contributed by atoms with E-state index in [1.54, 1.807) is 0 Å². The largest absolute Gasteiger partial charge is 0.396 e. The fourth-order valence-electron chi connectivity index (χ4n) is 2.85. The van der Waals surface area contributed by atoms with E-state index in [9.17, 15) is 0 Å². The van der Waals surface area contributed by atoms with Gasteiger partial charge in [0.1, 0.15) is 0 Å². The molecule has 0 amide bonds. The summed E-state index contributed by atoms with van der Waals surface area (Å²) in [6.07, 6.45) is 15.2. The first-order valence-corrected chi connectivity index (χ1v) is 8.66. The average Bonchev–Trinajstić information content (AvgIpc) is 2.87. The van der Waals surface area contributed by atoms with Crippen LogP contribution in [0.25, 0.3) is 0 Å². The molecule has 0 unspecified atom stereocenters. The lowest BCUT2D eigenvalue weighted by molar-refractivity contribution is -0.147. The summed E-state index contributed by atoms with van der Waals surface area (Å²) in [6, 6.07) is 0. The van der Waals surface area contributed by atoms with Crippen LogP contribution in [0.4, 0.5) is 0 Å². The van der Waals surface area contributed by atoms with E-state index in [1.807, 2.05) is 0 Å². The van der Waals surface area contributed by atoms with Crippen LogP contribution >= 0.6 is 0 Å². The third-order valence-electron chi connectivity index (χ3n) is 4.19. The predicted octanol–water partition coefficient (Wildman–Crippen LogP) is 4.42. The van der Waals surface area contributed by atoms with E-state index < -0.39 is 0 Å². The van der Waals surface area contributed by atoms with E-state index in [4.69, 9.17) is 14.6 Å². The van der Waals surface area contributed by atoms with Gasteiger partial charge in [-0.2, -0.15) is 0 Å². The number of aliphatic hydroxyl groups excluding tert-OH is 1. The van der Waals surface area contributed by atoms with Crippen LogP contribution in [0.3, 0.4) is 0 Å². The molecular weight excluding hydrogens is 252 g/mol. The molecule has 120 valence electrons. The quantitative estimate of drug-likeness (QED) is 0.509. The van der Waals surface area contributed by atoms with Crippen molar-refractivity contribution in [3.05, 3.63) is 0 Å². The van der Waals surface area contributed by atoms with Gasteiger partial charge in [0.15, 0.2) is 5.79 Å². The average molecular weight is 286 g/mol. The van der Waals surface area contributed by atoms with E-state index >= 15 is 0 Å². The van der Waals surface area contributed by atoms with E-state index in [-0.39, 0.29) is 5.79 Å². The van der Waals surface area contributed by atoms with Crippen LogP contribution in [0, 0.1) is 0 Å². The van der Waals surface area contributed by atoms with Gasteiger partial charge in [0.2, 0.25) is 0 Å². The maximum absolute atomic E-state index is 8.68. The van der Waals surface area contributed by atoms with Crippen LogP contribution in [0.15, 0.2) is 0 Å². The summed E-state index contributed by atoms with van der Waals surface area (Å²) >= 11 is 0. The molecule has 1 fully saturated rings. The van der Waals surface area contributed by atoms with E-state index in [2.05, 4.69) is 6.92 Å². The van der Waals surface area contributed by atoms with E-state index in [1.165, 1.54) is 64.2 Å². The first-order valence-electron chi connectivity index (χ1n) is 8.66. The van der Waals surface area contributed by atoms with Crippen molar-refractivity contribution >= 4 is 0 Å². The Morgan fingerprint density at radius 1 is 0.700 bits per heavy atom. The van der Waals surface area contributed by atoms with E-state index in [0.717, 1.165) is 26.1 Å². The molecule has 3 nitrogen and oxygen atoms in total. The van der Waals surface area contributed by atoms with Crippen molar-refractivity contribution in [2.75, 3.05) is 19.8 Å². The smallest absolute Gasteiger partial charge is 0.165 e. The zero-order valence-corrected chi connectivity index (χ0v) is 13.4. The molecule has 20 heavy (non-hydrogen) atoms. The molecule has 0 aromatic heterocycles. The van der Waals surface area contributed by atoms with Crippen LogP contribution in [0.1, 0.15) is 84.0 Å². The van der Waals surface area contributed by atoms with Gasteiger partial charge in [-0.05, 0) is 19.8 Å². The second kappa shape index (κ2) is 11.5. The SMILES string of the molecule is CC1(CCCCCCCCCCCCCO)OCCO1. The van der Waals surface area contributed by atoms with Crippen molar-refractivity contribution in [3.63, 3.8) is 0 Å². The molecule has 0 bridgehead atoms. The molecule has 1 N–H and O–H groups in total. The molecule has 1 aliphatic rings. The number of unbranched alkanes of at least 4 members (excludes halogenated alkanes) is 10. The molecule has 1 heterocycles. The highest BCUT2D eigenvalue weighted by Crippen LogP contribution is 2.25. The molecule has 0 atom stereocenters. The number of hydrogen-bond acceptors (Lipinski definition) is 3. The van der Waals surface area contributed by atoms with Crippen molar-refractivity contribution in [1.29, 1.82) is 0 Å². The Balaban J connectivity index is 1.74. The van der Waals surface area contributed by atoms with Crippen LogP contribution in [0.2, 0.25) is 0 Å². The van der Waals surface area contributed by atoms with Gasteiger partial charge in [-0.3, -0.25) is 0 Å². The Bertz CT molecular complexity index is 212. The third kappa shape index (κ3) is 8.93. The third-order valence-corrected chi connectivity index (χ3v) is 4.19. The maximum Gasteiger partial charge on any atom is 0.165 e.